The molecule has 0 saturated heterocycles. The molecule has 7 nitrogen and oxygen atoms in total. The first-order valence-corrected chi connectivity index (χ1v) is 9.60. The van der Waals surface area contributed by atoms with Crippen molar-refractivity contribution >= 4 is 11.1 Å². The van der Waals surface area contributed by atoms with Crippen molar-refractivity contribution in [2.24, 2.45) is 0 Å². The molecule has 0 aliphatic rings. The third kappa shape index (κ3) is 5.72. The van der Waals surface area contributed by atoms with Gasteiger partial charge < -0.3 is 14.4 Å². The van der Waals surface area contributed by atoms with Crippen LogP contribution in [0.5, 0.6) is 5.75 Å². The van der Waals surface area contributed by atoms with Crippen molar-refractivity contribution in [2.45, 2.75) is 25.6 Å². The van der Waals surface area contributed by atoms with Crippen LogP contribution in [-0.4, -0.2) is 40.4 Å². The van der Waals surface area contributed by atoms with Gasteiger partial charge >= 0.3 is 0 Å². The van der Waals surface area contributed by atoms with Gasteiger partial charge in [0.15, 0.2) is 0 Å². The summed E-state index contributed by atoms with van der Waals surface area (Å²) in [4.78, 5) is 4.34. The summed E-state index contributed by atoms with van der Waals surface area (Å²) < 4.78 is 27.4. The molecule has 1 aromatic carbocycles. The molecular weight excluding hydrogens is 366 g/mol. The lowest BCUT2D eigenvalue weighted by molar-refractivity contribution is 0.0837. The normalized spacial score (nSPS) is 14.5. The molecule has 2 unspecified atom stereocenters. The van der Waals surface area contributed by atoms with Gasteiger partial charge in [0.1, 0.15) is 12.4 Å². The predicted molar refractivity (Wildman–Crippen MR) is 101 cm³/mol. The molecule has 2 heterocycles. The number of hydrogen-bond donors (Lipinski definition) is 2. The van der Waals surface area contributed by atoms with Gasteiger partial charge in [0, 0.05) is 18.4 Å². The van der Waals surface area contributed by atoms with Gasteiger partial charge in [-0.2, -0.15) is 5.10 Å². The summed E-state index contributed by atoms with van der Waals surface area (Å²) in [6.07, 6.45) is 3.56. The zero-order valence-corrected chi connectivity index (χ0v) is 15.6. The lowest BCUT2D eigenvalue weighted by atomic mass is 9.97. The summed E-state index contributed by atoms with van der Waals surface area (Å²) in [5.41, 5.74) is 2.07. The predicted octanol–water partition coefficient (Wildman–Crippen LogP) is 2.22. The van der Waals surface area contributed by atoms with Gasteiger partial charge in [-0.05, 0) is 36.2 Å². The Hall–Kier alpha value is -2.55. The van der Waals surface area contributed by atoms with E-state index in [2.05, 4.69) is 15.2 Å². The molecule has 0 saturated carbocycles. The Kier molecular flexibility index (Phi) is 6.00. The van der Waals surface area contributed by atoms with E-state index in [1.807, 2.05) is 42.5 Å². The third-order valence-corrected chi connectivity index (χ3v) is 4.78. The van der Waals surface area contributed by atoms with Crippen molar-refractivity contribution in [1.82, 2.24) is 15.2 Å². The average molecular weight is 386 g/mol. The molecule has 8 heteroatoms. The summed E-state index contributed by atoms with van der Waals surface area (Å²) >= 11 is -2.29. The van der Waals surface area contributed by atoms with Crippen LogP contribution in [0, 0.1) is 0 Å². The van der Waals surface area contributed by atoms with Crippen molar-refractivity contribution in [3.05, 3.63) is 66.0 Å². The number of aliphatic hydroxyl groups is 1. The fourth-order valence-electron chi connectivity index (χ4n) is 2.76. The second-order valence-electron chi connectivity index (χ2n) is 6.58. The van der Waals surface area contributed by atoms with Crippen LogP contribution in [0.1, 0.15) is 18.1 Å². The lowest BCUT2D eigenvalue weighted by Crippen LogP contribution is -2.34. The number of aromatic nitrogens is 3. The van der Waals surface area contributed by atoms with Gasteiger partial charge in [0.05, 0.1) is 23.2 Å². The summed E-state index contributed by atoms with van der Waals surface area (Å²) in [7, 11) is 0. The molecule has 0 bridgehead atoms. The van der Waals surface area contributed by atoms with Crippen LogP contribution in [-0.2, 0) is 24.1 Å². The highest BCUT2D eigenvalue weighted by Gasteiger charge is 2.21. The maximum Gasteiger partial charge on any atom is 0.138 e. The Morgan fingerprint density at radius 2 is 2.07 bits per heavy atom. The minimum Gasteiger partial charge on any atom is -0.772 e. The number of H-pyrrole nitrogens is 1. The molecule has 2 N–H and O–H groups in total. The number of benzene rings is 1. The molecule has 27 heavy (non-hydrogen) atoms. The van der Waals surface area contributed by atoms with Crippen LogP contribution in [0.25, 0.3) is 11.4 Å². The van der Waals surface area contributed by atoms with E-state index in [9.17, 15) is 13.9 Å². The molecule has 0 spiro atoms. The average Bonchev–Trinajstić information content (AvgIpc) is 3.14. The fraction of sp³-hybridized carbons (Fsp3) is 0.263. The minimum atomic E-state index is -2.29. The maximum absolute atomic E-state index is 10.8. The Labute approximate surface area is 159 Å². The van der Waals surface area contributed by atoms with E-state index in [0.717, 1.165) is 22.5 Å². The largest absolute Gasteiger partial charge is 0.772 e. The number of nitrogens with zero attached hydrogens (tertiary/aromatic N) is 2. The van der Waals surface area contributed by atoms with Crippen LogP contribution in [0.2, 0.25) is 0 Å². The zero-order valence-electron chi connectivity index (χ0n) is 14.8. The molecule has 2 aromatic heterocycles. The van der Waals surface area contributed by atoms with Gasteiger partial charge in [0.25, 0.3) is 0 Å². The van der Waals surface area contributed by atoms with Crippen molar-refractivity contribution in [2.75, 3.05) is 5.75 Å². The van der Waals surface area contributed by atoms with E-state index >= 15 is 0 Å². The number of hydrogen-bond acceptors (Lipinski definition) is 6. The van der Waals surface area contributed by atoms with Gasteiger partial charge in [-0.25, -0.2) is 0 Å². The molecule has 0 radical (unpaired) electrons. The minimum absolute atomic E-state index is 0.245. The molecule has 0 amide bonds. The molecule has 0 aliphatic heterocycles. The lowest BCUT2D eigenvalue weighted by Gasteiger charge is -2.24. The van der Waals surface area contributed by atoms with E-state index in [1.165, 1.54) is 6.92 Å². The van der Waals surface area contributed by atoms with E-state index in [-0.39, 0.29) is 12.2 Å². The van der Waals surface area contributed by atoms with Crippen LogP contribution in [0.15, 0.2) is 54.9 Å². The monoisotopic (exact) mass is 386 g/mol. The van der Waals surface area contributed by atoms with E-state index in [0.29, 0.717) is 12.4 Å². The number of aromatic amines is 1. The van der Waals surface area contributed by atoms with Crippen molar-refractivity contribution < 1.29 is 18.6 Å². The van der Waals surface area contributed by atoms with Gasteiger partial charge in [-0.3, -0.25) is 14.3 Å². The van der Waals surface area contributed by atoms with Crippen molar-refractivity contribution in [3.63, 3.8) is 0 Å². The molecule has 2 atom stereocenters. The summed E-state index contributed by atoms with van der Waals surface area (Å²) in [6.45, 7) is 1.85. The SMILES string of the molecule is CC(O)(Cc1cccc(COc2ccc(-c3ccn[nH]3)nc2)c1)CS(=O)[O-]. The summed E-state index contributed by atoms with van der Waals surface area (Å²) in [5.74, 6) is 0.333. The number of ether oxygens (including phenoxy) is 1. The van der Waals surface area contributed by atoms with E-state index < -0.39 is 16.7 Å². The first-order chi connectivity index (χ1) is 12.9. The standard InChI is InChI=1S/C19H21N3O4S/c1-19(23,13-27(24)25)10-14-3-2-4-15(9-14)12-26-16-5-6-17(20-11-16)18-7-8-21-22-18/h2-9,11,23H,10,12-13H2,1H3,(H,21,22)(H,24,25)/p-1. The van der Waals surface area contributed by atoms with Gasteiger partial charge in [-0.1, -0.05) is 35.3 Å². The molecule has 0 aliphatic carbocycles. The second kappa shape index (κ2) is 8.43. The maximum atomic E-state index is 10.8. The topological polar surface area (TPSA) is 111 Å². The first kappa shape index (κ1) is 19.2. The molecule has 0 fully saturated rings. The Bertz CT molecular complexity index is 896. The Morgan fingerprint density at radius 3 is 2.74 bits per heavy atom. The smallest absolute Gasteiger partial charge is 0.138 e. The van der Waals surface area contributed by atoms with Gasteiger partial charge in [-0.15, -0.1) is 0 Å². The highest BCUT2D eigenvalue weighted by atomic mass is 32.2. The van der Waals surface area contributed by atoms with Crippen LogP contribution >= 0.6 is 0 Å². The molecule has 3 rings (SSSR count). The van der Waals surface area contributed by atoms with Crippen LogP contribution < -0.4 is 4.74 Å². The second-order valence-corrected chi connectivity index (χ2v) is 7.48. The number of nitrogens with one attached hydrogen (secondary N) is 1. The van der Waals surface area contributed by atoms with Crippen LogP contribution in [0.4, 0.5) is 0 Å². The van der Waals surface area contributed by atoms with Crippen LogP contribution in [0.3, 0.4) is 0 Å². The number of rotatable bonds is 8. The van der Waals surface area contributed by atoms with Gasteiger partial charge in [0.2, 0.25) is 0 Å². The fourth-order valence-corrected chi connectivity index (χ4v) is 3.37. The molecule has 3 aromatic rings. The molecule has 142 valence electrons. The van der Waals surface area contributed by atoms with Crippen molar-refractivity contribution in [1.29, 1.82) is 0 Å². The van der Waals surface area contributed by atoms with E-state index in [1.54, 1.807) is 12.4 Å². The third-order valence-electron chi connectivity index (χ3n) is 3.92. The highest BCUT2D eigenvalue weighted by molar-refractivity contribution is 7.79. The quantitative estimate of drug-likeness (QED) is 0.574. The Morgan fingerprint density at radius 1 is 1.26 bits per heavy atom. The molecular formula is C19H20N3O4S-. The first-order valence-electron chi connectivity index (χ1n) is 8.36. The number of pyridine rings is 1. The van der Waals surface area contributed by atoms with E-state index in [4.69, 9.17) is 4.74 Å². The summed E-state index contributed by atoms with van der Waals surface area (Å²) in [6, 6.07) is 13.0. The summed E-state index contributed by atoms with van der Waals surface area (Å²) in [5, 5.41) is 17.0. The Balaban J connectivity index is 1.60. The highest BCUT2D eigenvalue weighted by Crippen LogP contribution is 2.19. The van der Waals surface area contributed by atoms with Crippen molar-refractivity contribution in [3.8, 4) is 17.1 Å². The zero-order chi connectivity index (χ0) is 19.3.